The predicted octanol–water partition coefficient (Wildman–Crippen LogP) is -2.64. The van der Waals surface area contributed by atoms with Gasteiger partial charge in [0.15, 0.2) is 28.6 Å². The lowest BCUT2D eigenvalue weighted by Gasteiger charge is -2.41. The van der Waals surface area contributed by atoms with Crippen molar-refractivity contribution in [2.24, 2.45) is 0 Å². The minimum Gasteiger partial charge on any atom is -0.507 e. The number of phenols is 3. The normalized spacial score (nSPS) is 32.4. The molecule has 2 saturated heterocycles. The van der Waals surface area contributed by atoms with Gasteiger partial charge >= 0.3 is 5.97 Å². The molecule has 0 radical (unpaired) electrons. The number of carboxylic acids is 1. The number of hydrogen-bond donors (Lipinski definition) is 11. The van der Waals surface area contributed by atoms with Crippen LogP contribution >= 0.6 is 0 Å². The van der Waals surface area contributed by atoms with Gasteiger partial charge in [-0.05, 0) is 18.2 Å². The third-order valence-corrected chi connectivity index (χ3v) is 7.47. The molecule has 2 aliphatic heterocycles. The summed E-state index contributed by atoms with van der Waals surface area (Å²) < 4.78 is 22.3. The quantitative estimate of drug-likeness (QED) is 0.125. The van der Waals surface area contributed by atoms with Crippen molar-refractivity contribution in [3.05, 3.63) is 46.1 Å². The van der Waals surface area contributed by atoms with Crippen molar-refractivity contribution in [3.8, 4) is 34.3 Å². The molecule has 238 valence electrons. The first-order chi connectivity index (χ1) is 20.7. The van der Waals surface area contributed by atoms with E-state index >= 15 is 0 Å². The molecule has 0 saturated carbocycles. The third kappa shape index (κ3) is 5.30. The summed E-state index contributed by atoms with van der Waals surface area (Å²) in [5.74, 6) is -4.51. The summed E-state index contributed by atoms with van der Waals surface area (Å²) in [7, 11) is 0. The number of rotatable bonds is 6. The van der Waals surface area contributed by atoms with E-state index in [9.17, 15) is 65.8 Å². The van der Waals surface area contributed by atoms with Crippen molar-refractivity contribution in [2.75, 3.05) is 6.61 Å². The number of carboxylic acid groups (broad SMARTS) is 1. The fourth-order valence-electron chi connectivity index (χ4n) is 5.11. The van der Waals surface area contributed by atoms with Crippen LogP contribution in [0.2, 0.25) is 0 Å². The van der Waals surface area contributed by atoms with E-state index in [0.717, 1.165) is 24.3 Å². The highest BCUT2D eigenvalue weighted by molar-refractivity contribution is 5.90. The van der Waals surface area contributed by atoms with Crippen molar-refractivity contribution in [1.29, 1.82) is 0 Å². The van der Waals surface area contributed by atoms with E-state index in [1.165, 1.54) is 6.07 Å². The predicted molar refractivity (Wildman–Crippen MR) is 141 cm³/mol. The Morgan fingerprint density at radius 1 is 0.795 bits per heavy atom. The molecule has 44 heavy (non-hydrogen) atoms. The van der Waals surface area contributed by atoms with Crippen LogP contribution in [-0.4, -0.2) is 124 Å². The van der Waals surface area contributed by atoms with Crippen LogP contribution in [0.3, 0.4) is 0 Å². The SMILES string of the molecule is O=C(O)C1OC(Oc2cc(O)c3c(=O)cc(-c4ccc(O)c(O)c4)oc3c2C2OC(CO)C(O)C(O)C2O)C(O)C(O)C1O. The lowest BCUT2D eigenvalue weighted by atomic mass is 9.89. The minimum absolute atomic E-state index is 0.0392. The van der Waals surface area contributed by atoms with Crippen LogP contribution in [0.25, 0.3) is 22.3 Å². The number of aliphatic carboxylic acids is 1. The third-order valence-electron chi connectivity index (χ3n) is 7.47. The van der Waals surface area contributed by atoms with Crippen LogP contribution in [0, 0.1) is 0 Å². The monoisotopic (exact) mass is 624 g/mol. The maximum Gasteiger partial charge on any atom is 0.335 e. The first-order valence-corrected chi connectivity index (χ1v) is 13.0. The first-order valence-electron chi connectivity index (χ1n) is 13.0. The second kappa shape index (κ2) is 11.8. The minimum atomic E-state index is -2.11. The van der Waals surface area contributed by atoms with Gasteiger partial charge in [-0.25, -0.2) is 4.79 Å². The molecule has 5 rings (SSSR count). The van der Waals surface area contributed by atoms with Crippen LogP contribution in [0.4, 0.5) is 0 Å². The highest BCUT2D eigenvalue weighted by Crippen LogP contribution is 2.45. The number of carbonyl (C=O) groups is 1. The number of aromatic hydroxyl groups is 3. The van der Waals surface area contributed by atoms with Gasteiger partial charge in [-0.15, -0.1) is 0 Å². The molecule has 17 heteroatoms. The lowest BCUT2D eigenvalue weighted by molar-refractivity contribution is -0.272. The number of aliphatic hydroxyl groups excluding tert-OH is 7. The Kier molecular flexibility index (Phi) is 8.42. The average Bonchev–Trinajstić information content (AvgIpc) is 2.98. The molecule has 2 fully saturated rings. The number of benzene rings is 2. The summed E-state index contributed by atoms with van der Waals surface area (Å²) in [6.07, 6.45) is -19.6. The van der Waals surface area contributed by atoms with Crippen LogP contribution < -0.4 is 10.2 Å². The summed E-state index contributed by atoms with van der Waals surface area (Å²) in [6.45, 7) is -0.871. The molecule has 3 aromatic rings. The standard InChI is InChI=1S/C27H28O17/c28-6-14-17(33)18(34)20(36)24(42-14)16-13(43-27-22(38)19(35)21(37)25(44-27)26(39)40)5-11(32)15-10(31)4-12(41-23(15)16)7-1-2-8(29)9(30)3-7/h1-5,14,17-22,24-25,27-30,32-38H,6H2,(H,39,40). The van der Waals surface area contributed by atoms with Gasteiger partial charge in [-0.1, -0.05) is 0 Å². The largest absolute Gasteiger partial charge is 0.507 e. The van der Waals surface area contributed by atoms with Gasteiger partial charge in [0.2, 0.25) is 6.29 Å². The van der Waals surface area contributed by atoms with E-state index in [1.807, 2.05) is 0 Å². The molecule has 2 aliphatic rings. The molecule has 0 bridgehead atoms. The summed E-state index contributed by atoms with van der Waals surface area (Å²) in [6, 6.07) is 5.10. The van der Waals surface area contributed by atoms with Crippen molar-refractivity contribution in [1.82, 2.24) is 0 Å². The number of ether oxygens (including phenoxy) is 3. The molecule has 1 aromatic heterocycles. The number of phenolic OH excluding ortho intramolecular Hbond substituents is 3. The summed E-state index contributed by atoms with van der Waals surface area (Å²) in [5.41, 5.74) is -1.89. The zero-order chi connectivity index (χ0) is 32.2. The van der Waals surface area contributed by atoms with Crippen molar-refractivity contribution in [3.63, 3.8) is 0 Å². The fourth-order valence-corrected chi connectivity index (χ4v) is 5.11. The van der Waals surface area contributed by atoms with Gasteiger partial charge in [-0.2, -0.15) is 0 Å². The molecule has 0 aliphatic carbocycles. The Hall–Kier alpha value is -4.04. The Balaban J connectivity index is 1.74. The van der Waals surface area contributed by atoms with Gasteiger partial charge in [0.25, 0.3) is 0 Å². The lowest BCUT2D eigenvalue weighted by Crippen LogP contribution is -2.61. The summed E-state index contributed by atoms with van der Waals surface area (Å²) in [5, 5.41) is 112. The Bertz CT molecular complexity index is 1620. The highest BCUT2D eigenvalue weighted by atomic mass is 16.7. The summed E-state index contributed by atoms with van der Waals surface area (Å²) in [4.78, 5) is 24.9. The van der Waals surface area contributed by atoms with E-state index < -0.39 is 119 Å². The second-order valence-corrected chi connectivity index (χ2v) is 10.3. The van der Waals surface area contributed by atoms with Crippen LogP contribution in [0.5, 0.6) is 23.0 Å². The molecule has 0 amide bonds. The van der Waals surface area contributed by atoms with Gasteiger partial charge in [-0.3, -0.25) is 4.79 Å². The number of fused-ring (bicyclic) bond motifs is 1. The molecular weight excluding hydrogens is 596 g/mol. The second-order valence-electron chi connectivity index (χ2n) is 10.3. The average molecular weight is 625 g/mol. The molecule has 10 unspecified atom stereocenters. The molecule has 0 spiro atoms. The fraction of sp³-hybridized carbons (Fsp3) is 0.407. The van der Waals surface area contributed by atoms with Crippen molar-refractivity contribution >= 4 is 16.9 Å². The Morgan fingerprint density at radius 3 is 2.11 bits per heavy atom. The van der Waals surface area contributed by atoms with E-state index in [0.29, 0.717) is 0 Å². The maximum atomic E-state index is 13.3. The molecule has 17 nitrogen and oxygen atoms in total. The van der Waals surface area contributed by atoms with Gasteiger partial charge in [0.1, 0.15) is 71.5 Å². The van der Waals surface area contributed by atoms with E-state index in [1.54, 1.807) is 0 Å². The molecule has 11 N–H and O–H groups in total. The van der Waals surface area contributed by atoms with Crippen molar-refractivity contribution in [2.45, 2.75) is 61.2 Å². The van der Waals surface area contributed by atoms with E-state index in [4.69, 9.17) is 18.6 Å². The van der Waals surface area contributed by atoms with Crippen LogP contribution in [-0.2, 0) is 14.3 Å². The highest BCUT2D eigenvalue weighted by Gasteiger charge is 2.50. The Morgan fingerprint density at radius 2 is 1.48 bits per heavy atom. The van der Waals surface area contributed by atoms with E-state index in [2.05, 4.69) is 0 Å². The number of aliphatic hydroxyl groups is 7. The zero-order valence-corrected chi connectivity index (χ0v) is 22.2. The molecule has 2 aromatic carbocycles. The van der Waals surface area contributed by atoms with Gasteiger partial charge in [0.05, 0.1) is 12.2 Å². The maximum absolute atomic E-state index is 13.3. The van der Waals surface area contributed by atoms with Crippen LogP contribution in [0.1, 0.15) is 11.7 Å². The number of hydrogen-bond acceptors (Lipinski definition) is 16. The van der Waals surface area contributed by atoms with Crippen molar-refractivity contribution < 1.29 is 79.6 Å². The molecule has 10 atom stereocenters. The molecule has 3 heterocycles. The topological polar surface area (TPSA) is 298 Å². The van der Waals surface area contributed by atoms with E-state index in [-0.39, 0.29) is 11.3 Å². The smallest absolute Gasteiger partial charge is 0.335 e. The summed E-state index contributed by atoms with van der Waals surface area (Å²) >= 11 is 0. The zero-order valence-electron chi connectivity index (χ0n) is 22.2. The van der Waals surface area contributed by atoms with Gasteiger partial charge < -0.3 is 74.8 Å². The molecular formula is C27H28O17. The van der Waals surface area contributed by atoms with Crippen LogP contribution in [0.15, 0.2) is 39.5 Å². The van der Waals surface area contributed by atoms with Gasteiger partial charge in [0, 0.05) is 17.7 Å². The first kappa shape index (κ1) is 31.4. The Labute approximate surface area is 245 Å².